The van der Waals surface area contributed by atoms with Gasteiger partial charge in [-0.05, 0) is 24.6 Å². The van der Waals surface area contributed by atoms with Gasteiger partial charge in [-0.25, -0.2) is 0 Å². The van der Waals surface area contributed by atoms with Gasteiger partial charge < -0.3 is 4.74 Å². The first-order chi connectivity index (χ1) is 5.77. The minimum absolute atomic E-state index is 0.271. The molecular formula is C9H9ClOS. The third kappa shape index (κ3) is 1.41. The molecule has 3 heteroatoms. The molecule has 1 atom stereocenters. The van der Waals surface area contributed by atoms with E-state index >= 15 is 0 Å². The Kier molecular flexibility index (Phi) is 2.20. The molecule has 0 aliphatic carbocycles. The highest BCUT2D eigenvalue weighted by Crippen LogP contribution is 2.37. The maximum Gasteiger partial charge on any atom is 0.123 e. The van der Waals surface area contributed by atoms with Crippen LogP contribution in [0.25, 0.3) is 0 Å². The standard InChI is InChI=1S/C9H9ClOS/c10-6-1-2-8-7(5-6)9(12)3-4-11-8/h1-2,5,9,12H,3-4H2. The Hall–Kier alpha value is -0.340. The average molecular weight is 201 g/mol. The van der Waals surface area contributed by atoms with E-state index in [1.165, 1.54) is 0 Å². The molecule has 0 spiro atoms. The van der Waals surface area contributed by atoms with Crippen LogP contribution in [0.1, 0.15) is 17.2 Å². The van der Waals surface area contributed by atoms with Gasteiger partial charge in [-0.1, -0.05) is 11.6 Å². The van der Waals surface area contributed by atoms with Crippen molar-refractivity contribution >= 4 is 24.2 Å². The third-order valence-electron chi connectivity index (χ3n) is 1.98. The maximum absolute atomic E-state index is 5.85. The highest BCUT2D eigenvalue weighted by atomic mass is 35.5. The summed E-state index contributed by atoms with van der Waals surface area (Å²) in [4.78, 5) is 0. The first-order valence-corrected chi connectivity index (χ1v) is 4.77. The van der Waals surface area contributed by atoms with Gasteiger partial charge in [-0.2, -0.15) is 12.6 Å². The molecule has 12 heavy (non-hydrogen) atoms. The summed E-state index contributed by atoms with van der Waals surface area (Å²) in [5.74, 6) is 0.922. The van der Waals surface area contributed by atoms with E-state index in [-0.39, 0.29) is 5.25 Å². The topological polar surface area (TPSA) is 9.23 Å². The molecule has 1 aromatic rings. The van der Waals surface area contributed by atoms with Gasteiger partial charge in [-0.3, -0.25) is 0 Å². The molecule has 0 saturated heterocycles. The van der Waals surface area contributed by atoms with Crippen molar-refractivity contribution in [2.75, 3.05) is 6.61 Å². The second-order valence-corrected chi connectivity index (χ2v) is 3.89. The fourth-order valence-electron chi connectivity index (χ4n) is 1.35. The minimum Gasteiger partial charge on any atom is -0.493 e. The second kappa shape index (κ2) is 3.19. The van der Waals surface area contributed by atoms with Crippen LogP contribution >= 0.6 is 24.2 Å². The van der Waals surface area contributed by atoms with E-state index in [0.29, 0.717) is 0 Å². The maximum atomic E-state index is 5.85. The molecule has 0 aromatic heterocycles. The Morgan fingerprint density at radius 1 is 1.50 bits per heavy atom. The highest BCUT2D eigenvalue weighted by molar-refractivity contribution is 7.80. The van der Waals surface area contributed by atoms with Gasteiger partial charge in [0.1, 0.15) is 5.75 Å². The quantitative estimate of drug-likeness (QED) is 0.634. The molecule has 0 N–H and O–H groups in total. The van der Waals surface area contributed by atoms with Gasteiger partial charge in [0, 0.05) is 15.8 Å². The van der Waals surface area contributed by atoms with E-state index in [0.717, 1.165) is 29.4 Å². The molecule has 0 radical (unpaired) electrons. The minimum atomic E-state index is 0.271. The lowest BCUT2D eigenvalue weighted by Gasteiger charge is -2.22. The van der Waals surface area contributed by atoms with Crippen molar-refractivity contribution in [2.45, 2.75) is 11.7 Å². The van der Waals surface area contributed by atoms with E-state index in [2.05, 4.69) is 12.6 Å². The Balaban J connectivity index is 2.47. The Labute approximate surface area is 82.1 Å². The number of ether oxygens (including phenoxy) is 1. The summed E-state index contributed by atoms with van der Waals surface area (Å²) in [6, 6.07) is 5.67. The van der Waals surface area contributed by atoms with Crippen LogP contribution in [0.2, 0.25) is 5.02 Å². The zero-order chi connectivity index (χ0) is 8.55. The van der Waals surface area contributed by atoms with E-state index in [1.54, 1.807) is 0 Å². The lowest BCUT2D eigenvalue weighted by Crippen LogP contribution is -2.10. The van der Waals surface area contributed by atoms with Crippen LogP contribution in [0.5, 0.6) is 5.75 Å². The molecule has 2 rings (SSSR count). The number of thiol groups is 1. The summed E-state index contributed by atoms with van der Waals surface area (Å²) < 4.78 is 5.44. The molecule has 1 aliphatic rings. The number of hydrogen-bond donors (Lipinski definition) is 1. The summed E-state index contributed by atoms with van der Waals surface area (Å²) in [5, 5.41) is 1.02. The Morgan fingerprint density at radius 3 is 3.17 bits per heavy atom. The normalized spacial score (nSPS) is 21.3. The summed E-state index contributed by atoms with van der Waals surface area (Å²) in [7, 11) is 0. The summed E-state index contributed by atoms with van der Waals surface area (Å²) in [6.07, 6.45) is 0.955. The number of rotatable bonds is 0. The number of benzene rings is 1. The van der Waals surface area contributed by atoms with Crippen molar-refractivity contribution in [3.8, 4) is 5.75 Å². The second-order valence-electron chi connectivity index (χ2n) is 2.84. The van der Waals surface area contributed by atoms with Gasteiger partial charge in [0.05, 0.1) is 6.61 Å². The lowest BCUT2D eigenvalue weighted by molar-refractivity contribution is 0.287. The SMILES string of the molecule is SC1CCOc2ccc(Cl)cc21. The van der Waals surface area contributed by atoms with Crippen molar-refractivity contribution in [1.29, 1.82) is 0 Å². The third-order valence-corrected chi connectivity index (χ3v) is 2.75. The molecule has 1 unspecified atom stereocenters. The van der Waals surface area contributed by atoms with Gasteiger partial charge in [0.25, 0.3) is 0 Å². The molecule has 0 fully saturated rings. The smallest absolute Gasteiger partial charge is 0.123 e. The van der Waals surface area contributed by atoms with Gasteiger partial charge >= 0.3 is 0 Å². The van der Waals surface area contributed by atoms with Crippen LogP contribution in [0, 0.1) is 0 Å². The predicted octanol–water partition coefficient (Wildman–Crippen LogP) is 3.09. The van der Waals surface area contributed by atoms with E-state index in [4.69, 9.17) is 16.3 Å². The van der Waals surface area contributed by atoms with Crippen LogP contribution in [0.4, 0.5) is 0 Å². The molecule has 0 saturated carbocycles. The number of fused-ring (bicyclic) bond motifs is 1. The molecule has 0 bridgehead atoms. The fraction of sp³-hybridized carbons (Fsp3) is 0.333. The van der Waals surface area contributed by atoms with Crippen molar-refractivity contribution < 1.29 is 4.74 Å². The van der Waals surface area contributed by atoms with Crippen molar-refractivity contribution in [3.05, 3.63) is 28.8 Å². The Morgan fingerprint density at radius 2 is 2.33 bits per heavy atom. The van der Waals surface area contributed by atoms with Crippen molar-refractivity contribution in [2.24, 2.45) is 0 Å². The van der Waals surface area contributed by atoms with Crippen LogP contribution in [0.3, 0.4) is 0 Å². The first-order valence-electron chi connectivity index (χ1n) is 3.87. The molecule has 1 nitrogen and oxygen atoms in total. The van der Waals surface area contributed by atoms with Gasteiger partial charge in [-0.15, -0.1) is 0 Å². The van der Waals surface area contributed by atoms with E-state index in [1.807, 2.05) is 18.2 Å². The van der Waals surface area contributed by atoms with Gasteiger partial charge in [0.2, 0.25) is 0 Å². The number of hydrogen-bond acceptors (Lipinski definition) is 2. The molecule has 64 valence electrons. The summed E-state index contributed by atoms with van der Waals surface area (Å²) >= 11 is 10.3. The highest BCUT2D eigenvalue weighted by Gasteiger charge is 2.17. The predicted molar refractivity (Wildman–Crippen MR) is 53.3 cm³/mol. The van der Waals surface area contributed by atoms with Crippen LogP contribution in [0.15, 0.2) is 18.2 Å². The summed E-state index contributed by atoms with van der Waals surface area (Å²) in [6.45, 7) is 0.753. The van der Waals surface area contributed by atoms with Crippen LogP contribution < -0.4 is 4.74 Å². The van der Waals surface area contributed by atoms with Crippen molar-refractivity contribution in [1.82, 2.24) is 0 Å². The van der Waals surface area contributed by atoms with Crippen molar-refractivity contribution in [3.63, 3.8) is 0 Å². The average Bonchev–Trinajstić information content (AvgIpc) is 2.07. The molecule has 1 aromatic carbocycles. The zero-order valence-electron chi connectivity index (χ0n) is 6.46. The fourth-order valence-corrected chi connectivity index (χ4v) is 1.83. The molecule has 1 aliphatic heterocycles. The lowest BCUT2D eigenvalue weighted by atomic mass is 10.1. The monoisotopic (exact) mass is 200 g/mol. The van der Waals surface area contributed by atoms with Crippen LogP contribution in [-0.4, -0.2) is 6.61 Å². The van der Waals surface area contributed by atoms with E-state index in [9.17, 15) is 0 Å². The largest absolute Gasteiger partial charge is 0.493 e. The van der Waals surface area contributed by atoms with Gasteiger partial charge in [0.15, 0.2) is 0 Å². The number of halogens is 1. The summed E-state index contributed by atoms with van der Waals surface area (Å²) in [5.41, 5.74) is 1.11. The first kappa shape index (κ1) is 8.27. The zero-order valence-corrected chi connectivity index (χ0v) is 8.11. The van der Waals surface area contributed by atoms with E-state index < -0.39 is 0 Å². The van der Waals surface area contributed by atoms with Crippen LogP contribution in [-0.2, 0) is 0 Å². The Bertz CT molecular complexity index is 301. The molecule has 0 amide bonds. The molecule has 1 heterocycles. The molecular weight excluding hydrogens is 192 g/mol.